The number of carbonyl (C=O) groups is 1. The van der Waals surface area contributed by atoms with Crippen molar-refractivity contribution in [1.82, 2.24) is 20.4 Å². The maximum absolute atomic E-state index is 12.2. The van der Waals surface area contributed by atoms with Crippen LogP contribution in [0.25, 0.3) is 0 Å². The summed E-state index contributed by atoms with van der Waals surface area (Å²) in [7, 11) is 1.85. The first-order valence-electron chi connectivity index (χ1n) is 5.56. The average Bonchev–Trinajstić information content (AvgIpc) is 2.89. The normalized spacial score (nSPS) is 24.6. The van der Waals surface area contributed by atoms with E-state index in [2.05, 4.69) is 15.5 Å². The zero-order valence-electron chi connectivity index (χ0n) is 9.79. The number of H-pyrrole nitrogens is 1. The number of hydrogen-bond acceptors (Lipinski definition) is 3. The molecule has 5 heteroatoms. The van der Waals surface area contributed by atoms with Gasteiger partial charge in [-0.15, -0.1) is 0 Å². The van der Waals surface area contributed by atoms with Crippen molar-refractivity contribution < 1.29 is 4.79 Å². The summed E-state index contributed by atoms with van der Waals surface area (Å²) in [5, 5.41) is 9.87. The van der Waals surface area contributed by atoms with Gasteiger partial charge in [-0.2, -0.15) is 5.10 Å². The molecule has 1 unspecified atom stereocenters. The lowest BCUT2D eigenvalue weighted by Crippen LogP contribution is -2.41. The van der Waals surface area contributed by atoms with E-state index in [0.717, 1.165) is 25.1 Å². The largest absolute Gasteiger partial charge is 0.341 e. The highest BCUT2D eigenvalue weighted by Gasteiger charge is 2.38. The van der Waals surface area contributed by atoms with E-state index in [9.17, 15) is 4.79 Å². The molecule has 5 nitrogen and oxygen atoms in total. The maximum Gasteiger partial charge on any atom is 0.229 e. The molecule has 1 fully saturated rings. The van der Waals surface area contributed by atoms with Gasteiger partial charge in [0, 0.05) is 31.9 Å². The van der Waals surface area contributed by atoms with Crippen LogP contribution in [0.15, 0.2) is 12.4 Å². The molecular weight excluding hydrogens is 204 g/mol. The van der Waals surface area contributed by atoms with Gasteiger partial charge in [-0.1, -0.05) is 0 Å². The van der Waals surface area contributed by atoms with E-state index in [-0.39, 0.29) is 11.3 Å². The van der Waals surface area contributed by atoms with Crippen LogP contribution in [0.2, 0.25) is 0 Å². The Morgan fingerprint density at radius 1 is 1.69 bits per heavy atom. The molecule has 0 radical (unpaired) electrons. The number of rotatable bonds is 3. The van der Waals surface area contributed by atoms with E-state index in [1.54, 1.807) is 11.1 Å². The van der Waals surface area contributed by atoms with Crippen LogP contribution in [0.5, 0.6) is 0 Å². The molecule has 0 bridgehead atoms. The first-order chi connectivity index (χ1) is 7.62. The summed E-state index contributed by atoms with van der Waals surface area (Å²) in [5.41, 5.74) is 0.795. The summed E-state index contributed by atoms with van der Waals surface area (Å²) >= 11 is 0. The van der Waals surface area contributed by atoms with Crippen LogP contribution in [0.3, 0.4) is 0 Å². The predicted molar refractivity (Wildman–Crippen MR) is 60.7 cm³/mol. The van der Waals surface area contributed by atoms with Gasteiger partial charge in [0.2, 0.25) is 5.91 Å². The fourth-order valence-corrected chi connectivity index (χ4v) is 2.17. The number of carbonyl (C=O) groups excluding carboxylic acids is 1. The van der Waals surface area contributed by atoms with Crippen molar-refractivity contribution in [2.24, 2.45) is 5.41 Å². The van der Waals surface area contributed by atoms with Gasteiger partial charge in [0.15, 0.2) is 0 Å². The second kappa shape index (κ2) is 4.25. The Bertz CT molecular complexity index is 354. The van der Waals surface area contributed by atoms with Gasteiger partial charge in [-0.05, 0) is 19.9 Å². The van der Waals surface area contributed by atoms with Crippen molar-refractivity contribution in [3.8, 4) is 0 Å². The third-order valence-corrected chi connectivity index (χ3v) is 3.21. The van der Waals surface area contributed by atoms with Crippen LogP contribution < -0.4 is 5.32 Å². The number of hydrogen-bond donors (Lipinski definition) is 2. The van der Waals surface area contributed by atoms with Crippen molar-refractivity contribution in [3.05, 3.63) is 18.0 Å². The van der Waals surface area contributed by atoms with E-state index in [1.165, 1.54) is 0 Å². The fourth-order valence-electron chi connectivity index (χ4n) is 2.17. The third kappa shape index (κ3) is 2.09. The lowest BCUT2D eigenvalue weighted by Gasteiger charge is -2.28. The average molecular weight is 222 g/mol. The standard InChI is InChI=1S/C11H18N4O/c1-11(3-4-12-8-11)10(16)15(2)7-9-5-13-14-6-9/h5-6,12H,3-4,7-8H2,1-2H3,(H,13,14). The van der Waals surface area contributed by atoms with Crippen LogP contribution in [0, 0.1) is 5.41 Å². The van der Waals surface area contributed by atoms with Gasteiger partial charge < -0.3 is 10.2 Å². The molecule has 2 heterocycles. The number of amides is 1. The molecule has 0 aliphatic carbocycles. The molecule has 1 aromatic rings. The summed E-state index contributed by atoms with van der Waals surface area (Å²) in [6, 6.07) is 0. The third-order valence-electron chi connectivity index (χ3n) is 3.21. The molecule has 0 aromatic carbocycles. The minimum Gasteiger partial charge on any atom is -0.341 e. The van der Waals surface area contributed by atoms with Crippen molar-refractivity contribution in [2.75, 3.05) is 20.1 Å². The van der Waals surface area contributed by atoms with Gasteiger partial charge in [-0.25, -0.2) is 0 Å². The van der Waals surface area contributed by atoms with Crippen LogP contribution in [0.4, 0.5) is 0 Å². The molecule has 1 saturated heterocycles. The zero-order valence-corrected chi connectivity index (χ0v) is 9.79. The highest BCUT2D eigenvalue weighted by atomic mass is 16.2. The maximum atomic E-state index is 12.2. The van der Waals surface area contributed by atoms with E-state index in [1.807, 2.05) is 20.2 Å². The van der Waals surface area contributed by atoms with Crippen LogP contribution in [0.1, 0.15) is 18.9 Å². The van der Waals surface area contributed by atoms with Crippen LogP contribution in [-0.4, -0.2) is 41.1 Å². The smallest absolute Gasteiger partial charge is 0.229 e. The van der Waals surface area contributed by atoms with Crippen LogP contribution in [-0.2, 0) is 11.3 Å². The molecule has 0 spiro atoms. The van der Waals surface area contributed by atoms with Crippen molar-refractivity contribution in [1.29, 1.82) is 0 Å². The fraction of sp³-hybridized carbons (Fsp3) is 0.636. The molecule has 1 aliphatic heterocycles. The van der Waals surface area contributed by atoms with Crippen LogP contribution >= 0.6 is 0 Å². The van der Waals surface area contributed by atoms with E-state index < -0.39 is 0 Å². The highest BCUT2D eigenvalue weighted by molar-refractivity contribution is 5.82. The quantitative estimate of drug-likeness (QED) is 0.776. The van der Waals surface area contributed by atoms with Crippen molar-refractivity contribution in [2.45, 2.75) is 19.9 Å². The first kappa shape index (κ1) is 11.1. The number of aromatic nitrogens is 2. The van der Waals surface area contributed by atoms with Gasteiger partial charge in [-0.3, -0.25) is 9.89 Å². The lowest BCUT2D eigenvalue weighted by molar-refractivity contribution is -0.139. The topological polar surface area (TPSA) is 61.0 Å². The number of nitrogens with zero attached hydrogens (tertiary/aromatic N) is 2. The molecular formula is C11H18N4O. The molecule has 16 heavy (non-hydrogen) atoms. The van der Waals surface area contributed by atoms with E-state index in [0.29, 0.717) is 6.54 Å². The summed E-state index contributed by atoms with van der Waals surface area (Å²) in [4.78, 5) is 14.0. The van der Waals surface area contributed by atoms with Gasteiger partial charge in [0.05, 0.1) is 11.6 Å². The summed E-state index contributed by atoms with van der Waals surface area (Å²) in [5.74, 6) is 0.207. The predicted octanol–water partition coefficient (Wildman–Crippen LogP) is 0.368. The molecule has 1 aliphatic rings. The van der Waals surface area contributed by atoms with Crippen molar-refractivity contribution >= 4 is 5.91 Å². The van der Waals surface area contributed by atoms with Gasteiger partial charge >= 0.3 is 0 Å². The summed E-state index contributed by atoms with van der Waals surface area (Å²) in [6.45, 7) is 4.36. The number of nitrogens with one attached hydrogen (secondary N) is 2. The molecule has 2 N–H and O–H groups in total. The molecule has 2 rings (SSSR count). The SMILES string of the molecule is CN(Cc1cn[nH]c1)C(=O)C1(C)CCNC1. The minimum atomic E-state index is -0.238. The highest BCUT2D eigenvalue weighted by Crippen LogP contribution is 2.27. The Hall–Kier alpha value is -1.36. The molecule has 88 valence electrons. The number of aromatic amines is 1. The molecule has 1 atom stereocenters. The minimum absolute atomic E-state index is 0.207. The second-order valence-electron chi connectivity index (χ2n) is 4.76. The first-order valence-corrected chi connectivity index (χ1v) is 5.56. The lowest BCUT2D eigenvalue weighted by atomic mass is 9.88. The van der Waals surface area contributed by atoms with Gasteiger partial charge in [0.1, 0.15) is 0 Å². The molecule has 1 aromatic heterocycles. The Morgan fingerprint density at radius 2 is 2.50 bits per heavy atom. The Kier molecular flexibility index (Phi) is 2.96. The summed E-state index contributed by atoms with van der Waals surface area (Å²) < 4.78 is 0. The van der Waals surface area contributed by atoms with E-state index >= 15 is 0 Å². The Labute approximate surface area is 95.2 Å². The summed E-state index contributed by atoms with van der Waals surface area (Å²) in [6.07, 6.45) is 4.49. The molecule has 0 saturated carbocycles. The van der Waals surface area contributed by atoms with Gasteiger partial charge in [0.25, 0.3) is 0 Å². The second-order valence-corrected chi connectivity index (χ2v) is 4.76. The Balaban J connectivity index is 1.99. The van der Waals surface area contributed by atoms with Crippen molar-refractivity contribution in [3.63, 3.8) is 0 Å². The zero-order chi connectivity index (χ0) is 11.6. The Morgan fingerprint density at radius 3 is 3.06 bits per heavy atom. The van der Waals surface area contributed by atoms with E-state index in [4.69, 9.17) is 0 Å². The molecule has 1 amide bonds. The monoisotopic (exact) mass is 222 g/mol.